The lowest BCUT2D eigenvalue weighted by Crippen LogP contribution is -2.43. The number of amides is 2. The Hall–Kier alpha value is -4.33. The van der Waals surface area contributed by atoms with Crippen LogP contribution in [0.5, 0.6) is 11.5 Å². The molecule has 8 heteroatoms. The Balaban J connectivity index is 1.37. The number of benzene rings is 3. The molecule has 8 nitrogen and oxygen atoms in total. The Kier molecular flexibility index (Phi) is 9.04. The van der Waals surface area contributed by atoms with Crippen LogP contribution in [-0.4, -0.2) is 37.6 Å². The van der Waals surface area contributed by atoms with Crippen molar-refractivity contribution in [3.63, 3.8) is 0 Å². The molecule has 0 bridgehead atoms. The summed E-state index contributed by atoms with van der Waals surface area (Å²) in [5.41, 5.74) is 6.57. The zero-order valence-corrected chi connectivity index (χ0v) is 18.8. The maximum absolute atomic E-state index is 12.2. The van der Waals surface area contributed by atoms with Gasteiger partial charge in [0.2, 0.25) is 0 Å². The third-order valence-corrected chi connectivity index (χ3v) is 4.67. The molecular weight excluding hydrogens is 436 g/mol. The molecule has 0 fully saturated rings. The summed E-state index contributed by atoms with van der Waals surface area (Å²) >= 11 is 0. The third kappa shape index (κ3) is 7.67. The predicted octanol–water partition coefficient (Wildman–Crippen LogP) is 3.32. The third-order valence-electron chi connectivity index (χ3n) is 4.67. The molecule has 34 heavy (non-hydrogen) atoms. The van der Waals surface area contributed by atoms with Crippen molar-refractivity contribution in [2.45, 2.75) is 13.3 Å². The molecule has 0 spiro atoms. The van der Waals surface area contributed by atoms with Crippen LogP contribution in [0.1, 0.15) is 33.2 Å². The predicted molar refractivity (Wildman–Crippen MR) is 126 cm³/mol. The quantitative estimate of drug-likeness (QED) is 0.354. The summed E-state index contributed by atoms with van der Waals surface area (Å²) in [7, 11) is 0. The second-order valence-electron chi connectivity index (χ2n) is 7.14. The van der Waals surface area contributed by atoms with E-state index in [4.69, 9.17) is 14.2 Å². The van der Waals surface area contributed by atoms with E-state index >= 15 is 0 Å². The molecule has 0 radical (unpaired) electrons. The van der Waals surface area contributed by atoms with E-state index in [1.807, 2.05) is 30.3 Å². The highest BCUT2D eigenvalue weighted by Crippen LogP contribution is 2.14. The standard InChI is InChI=1S/C26H26N2O6/c1-2-32-26(31)21-10-14-23(15-11-21)34-18-24(29)27-28-25(30)20-8-12-22(13-9-20)33-17-16-19-6-4-3-5-7-19/h3-15H,2,16-18H2,1H3,(H,27,29)(H,28,30). The van der Waals surface area contributed by atoms with Gasteiger partial charge in [-0.2, -0.15) is 0 Å². The van der Waals surface area contributed by atoms with Gasteiger partial charge < -0.3 is 14.2 Å². The molecule has 0 aliphatic heterocycles. The minimum atomic E-state index is -0.538. The van der Waals surface area contributed by atoms with E-state index in [-0.39, 0.29) is 13.2 Å². The van der Waals surface area contributed by atoms with Gasteiger partial charge in [-0.1, -0.05) is 30.3 Å². The Labute approximate surface area is 197 Å². The van der Waals surface area contributed by atoms with Gasteiger partial charge in [0, 0.05) is 12.0 Å². The summed E-state index contributed by atoms with van der Waals surface area (Å²) in [5.74, 6) is -0.385. The first-order chi connectivity index (χ1) is 16.5. The van der Waals surface area contributed by atoms with Crippen molar-refractivity contribution >= 4 is 17.8 Å². The smallest absolute Gasteiger partial charge is 0.338 e. The average molecular weight is 463 g/mol. The summed E-state index contributed by atoms with van der Waals surface area (Å²) in [4.78, 5) is 35.8. The van der Waals surface area contributed by atoms with E-state index in [1.165, 1.54) is 5.56 Å². The maximum Gasteiger partial charge on any atom is 0.338 e. The molecule has 2 amide bonds. The van der Waals surface area contributed by atoms with Crippen molar-refractivity contribution in [1.82, 2.24) is 10.9 Å². The number of hydrazine groups is 1. The van der Waals surface area contributed by atoms with Crippen LogP contribution >= 0.6 is 0 Å². The van der Waals surface area contributed by atoms with Gasteiger partial charge in [-0.05, 0) is 61.0 Å². The molecule has 0 aliphatic carbocycles. The first kappa shape index (κ1) is 24.3. The van der Waals surface area contributed by atoms with Crippen LogP contribution in [0.2, 0.25) is 0 Å². The van der Waals surface area contributed by atoms with Crippen LogP contribution in [0, 0.1) is 0 Å². The van der Waals surface area contributed by atoms with Gasteiger partial charge in [0.1, 0.15) is 11.5 Å². The molecule has 0 atom stereocenters. The van der Waals surface area contributed by atoms with Crippen molar-refractivity contribution in [2.75, 3.05) is 19.8 Å². The van der Waals surface area contributed by atoms with Crippen LogP contribution in [-0.2, 0) is 16.0 Å². The fraction of sp³-hybridized carbons (Fsp3) is 0.192. The average Bonchev–Trinajstić information content (AvgIpc) is 2.87. The van der Waals surface area contributed by atoms with E-state index < -0.39 is 17.8 Å². The second kappa shape index (κ2) is 12.6. The molecule has 0 saturated heterocycles. The molecule has 0 heterocycles. The topological polar surface area (TPSA) is 103 Å². The summed E-state index contributed by atoms with van der Waals surface area (Å²) in [5, 5.41) is 0. The molecule has 3 aromatic carbocycles. The lowest BCUT2D eigenvalue weighted by molar-refractivity contribution is -0.123. The summed E-state index contributed by atoms with van der Waals surface area (Å²) in [6, 6.07) is 22.8. The summed E-state index contributed by atoms with van der Waals surface area (Å²) in [6.45, 7) is 2.23. The first-order valence-electron chi connectivity index (χ1n) is 10.8. The van der Waals surface area contributed by atoms with Crippen LogP contribution in [0.25, 0.3) is 0 Å². The Morgan fingerprint density at radius 3 is 2.00 bits per heavy atom. The number of rotatable bonds is 10. The van der Waals surface area contributed by atoms with Crippen molar-refractivity contribution < 1.29 is 28.6 Å². The van der Waals surface area contributed by atoms with E-state index in [0.29, 0.717) is 29.2 Å². The van der Waals surface area contributed by atoms with Gasteiger partial charge in [-0.25, -0.2) is 4.79 Å². The second-order valence-corrected chi connectivity index (χ2v) is 7.14. The molecular formula is C26H26N2O6. The molecule has 2 N–H and O–H groups in total. The normalized spacial score (nSPS) is 10.1. The van der Waals surface area contributed by atoms with Crippen LogP contribution in [0.3, 0.4) is 0 Å². The van der Waals surface area contributed by atoms with Crippen molar-refractivity contribution in [2.24, 2.45) is 0 Å². The van der Waals surface area contributed by atoms with E-state index in [9.17, 15) is 14.4 Å². The SMILES string of the molecule is CCOC(=O)c1ccc(OCC(=O)NNC(=O)c2ccc(OCCc3ccccc3)cc2)cc1. The number of esters is 1. The van der Waals surface area contributed by atoms with Gasteiger partial charge in [-0.15, -0.1) is 0 Å². The first-order valence-corrected chi connectivity index (χ1v) is 10.8. The van der Waals surface area contributed by atoms with Crippen molar-refractivity contribution in [3.8, 4) is 11.5 Å². The van der Waals surface area contributed by atoms with Gasteiger partial charge in [0.25, 0.3) is 11.8 Å². The minimum Gasteiger partial charge on any atom is -0.493 e. The van der Waals surface area contributed by atoms with Crippen LogP contribution in [0.15, 0.2) is 78.9 Å². The summed E-state index contributed by atoms with van der Waals surface area (Å²) < 4.78 is 16.0. The molecule has 3 aromatic rings. The Morgan fingerprint density at radius 2 is 1.35 bits per heavy atom. The fourth-order valence-electron chi connectivity index (χ4n) is 2.92. The van der Waals surface area contributed by atoms with Gasteiger partial charge in [0.05, 0.1) is 18.8 Å². The highest BCUT2D eigenvalue weighted by molar-refractivity contribution is 5.95. The zero-order chi connectivity index (χ0) is 24.2. The molecule has 0 unspecified atom stereocenters. The molecule has 0 aliphatic rings. The van der Waals surface area contributed by atoms with Crippen LogP contribution < -0.4 is 20.3 Å². The van der Waals surface area contributed by atoms with Crippen molar-refractivity contribution in [3.05, 3.63) is 95.6 Å². The van der Waals surface area contributed by atoms with E-state index in [1.54, 1.807) is 55.5 Å². The van der Waals surface area contributed by atoms with Gasteiger partial charge in [0.15, 0.2) is 6.61 Å². The van der Waals surface area contributed by atoms with Gasteiger partial charge >= 0.3 is 5.97 Å². The molecule has 3 rings (SSSR count). The number of hydrogen-bond acceptors (Lipinski definition) is 6. The minimum absolute atomic E-state index is 0.287. The van der Waals surface area contributed by atoms with E-state index in [2.05, 4.69) is 10.9 Å². The number of hydrogen-bond donors (Lipinski definition) is 2. The number of carbonyl (C=O) groups excluding carboxylic acids is 3. The molecule has 176 valence electrons. The molecule has 0 saturated carbocycles. The zero-order valence-electron chi connectivity index (χ0n) is 18.8. The van der Waals surface area contributed by atoms with Crippen molar-refractivity contribution in [1.29, 1.82) is 0 Å². The van der Waals surface area contributed by atoms with Gasteiger partial charge in [-0.3, -0.25) is 20.4 Å². The van der Waals surface area contributed by atoms with E-state index in [0.717, 1.165) is 6.42 Å². The number of nitrogens with one attached hydrogen (secondary N) is 2. The molecule has 0 aromatic heterocycles. The number of ether oxygens (including phenoxy) is 3. The fourth-order valence-corrected chi connectivity index (χ4v) is 2.92. The Bertz CT molecular complexity index is 1080. The summed E-state index contributed by atoms with van der Waals surface area (Å²) in [6.07, 6.45) is 0.784. The lowest BCUT2D eigenvalue weighted by atomic mass is 10.2. The van der Waals surface area contributed by atoms with Crippen LogP contribution in [0.4, 0.5) is 0 Å². The highest BCUT2D eigenvalue weighted by Gasteiger charge is 2.10. The largest absolute Gasteiger partial charge is 0.493 e. The Morgan fingerprint density at radius 1 is 0.735 bits per heavy atom. The lowest BCUT2D eigenvalue weighted by Gasteiger charge is -2.10. The highest BCUT2D eigenvalue weighted by atomic mass is 16.5. The monoisotopic (exact) mass is 462 g/mol. The number of carbonyl (C=O) groups is 3. The maximum atomic E-state index is 12.2.